The van der Waals surface area contributed by atoms with Gasteiger partial charge in [-0.3, -0.25) is 0 Å². The van der Waals surface area contributed by atoms with Gasteiger partial charge in [0.2, 0.25) is 0 Å². The van der Waals surface area contributed by atoms with Gasteiger partial charge in [0.25, 0.3) is 0 Å². The minimum absolute atomic E-state index is 0.227. The average molecular weight is 275 g/mol. The summed E-state index contributed by atoms with van der Waals surface area (Å²) in [5.74, 6) is 0. The molecule has 0 bridgehead atoms. The average Bonchev–Trinajstić information content (AvgIpc) is 2.84. The fourth-order valence-corrected chi connectivity index (χ4v) is 2.75. The number of thiazole rings is 1. The van der Waals surface area contributed by atoms with Crippen LogP contribution in [0.3, 0.4) is 0 Å². The molecule has 1 aromatic heterocycles. The summed E-state index contributed by atoms with van der Waals surface area (Å²) in [5, 5.41) is 4.59. The molecule has 0 aliphatic carbocycles. The second-order valence-corrected chi connectivity index (χ2v) is 6.46. The van der Waals surface area contributed by atoms with Crippen LogP contribution in [0.1, 0.15) is 35.3 Å². The highest BCUT2D eigenvalue weighted by Gasteiger charge is 2.22. The highest BCUT2D eigenvalue weighted by molar-refractivity contribution is 7.11. The molecular formula is C15H21N3S. The SMILES string of the molecule is Cc1cnc(C(C)NCC(C)(N)c2ccccc2)s1. The molecule has 0 saturated carbocycles. The van der Waals surface area contributed by atoms with Crippen LogP contribution in [-0.2, 0) is 5.54 Å². The Morgan fingerprint density at radius 1 is 1.37 bits per heavy atom. The Morgan fingerprint density at radius 2 is 2.05 bits per heavy atom. The maximum Gasteiger partial charge on any atom is 0.109 e. The van der Waals surface area contributed by atoms with E-state index >= 15 is 0 Å². The number of nitrogens with two attached hydrogens (primary N) is 1. The van der Waals surface area contributed by atoms with Crippen molar-refractivity contribution in [2.24, 2.45) is 5.73 Å². The van der Waals surface area contributed by atoms with Gasteiger partial charge >= 0.3 is 0 Å². The lowest BCUT2D eigenvalue weighted by Crippen LogP contribution is -2.44. The first kappa shape index (κ1) is 14.2. The van der Waals surface area contributed by atoms with Crippen LogP contribution in [0, 0.1) is 6.92 Å². The van der Waals surface area contributed by atoms with Crippen LogP contribution in [0.5, 0.6) is 0 Å². The molecule has 102 valence electrons. The predicted octanol–water partition coefficient (Wildman–Crippen LogP) is 2.98. The highest BCUT2D eigenvalue weighted by atomic mass is 32.1. The molecule has 2 unspecified atom stereocenters. The third-order valence-electron chi connectivity index (χ3n) is 3.22. The van der Waals surface area contributed by atoms with E-state index in [1.807, 2.05) is 24.4 Å². The smallest absolute Gasteiger partial charge is 0.109 e. The van der Waals surface area contributed by atoms with Gasteiger partial charge in [-0.05, 0) is 26.3 Å². The molecule has 0 amide bonds. The molecule has 3 N–H and O–H groups in total. The van der Waals surface area contributed by atoms with Crippen LogP contribution >= 0.6 is 11.3 Å². The first-order valence-corrected chi connectivity index (χ1v) is 7.31. The van der Waals surface area contributed by atoms with Crippen LogP contribution in [0.15, 0.2) is 36.5 Å². The van der Waals surface area contributed by atoms with Crippen molar-refractivity contribution in [1.82, 2.24) is 10.3 Å². The van der Waals surface area contributed by atoms with Crippen molar-refractivity contribution in [3.8, 4) is 0 Å². The van der Waals surface area contributed by atoms with Crippen molar-refractivity contribution in [2.45, 2.75) is 32.4 Å². The fraction of sp³-hybridized carbons (Fsp3) is 0.400. The van der Waals surface area contributed by atoms with Gasteiger partial charge in [-0.15, -0.1) is 11.3 Å². The summed E-state index contributed by atoms with van der Waals surface area (Å²) in [5.41, 5.74) is 7.16. The molecule has 1 heterocycles. The lowest BCUT2D eigenvalue weighted by Gasteiger charge is -2.27. The molecule has 0 spiro atoms. The number of nitrogens with one attached hydrogen (secondary N) is 1. The second-order valence-electron chi connectivity index (χ2n) is 5.20. The molecule has 0 radical (unpaired) electrons. The molecule has 2 rings (SSSR count). The van der Waals surface area contributed by atoms with E-state index in [4.69, 9.17) is 5.73 Å². The second kappa shape index (κ2) is 5.82. The standard InChI is InChI=1S/C15H21N3S/c1-11-9-17-14(19-11)12(2)18-10-15(3,16)13-7-5-4-6-8-13/h4-9,12,18H,10,16H2,1-3H3. The number of nitrogens with zero attached hydrogens (tertiary/aromatic N) is 1. The first-order valence-electron chi connectivity index (χ1n) is 6.49. The zero-order valence-electron chi connectivity index (χ0n) is 11.7. The lowest BCUT2D eigenvalue weighted by atomic mass is 9.93. The molecule has 0 saturated heterocycles. The largest absolute Gasteiger partial charge is 0.321 e. The maximum absolute atomic E-state index is 6.39. The van der Waals surface area contributed by atoms with E-state index in [0.29, 0.717) is 0 Å². The lowest BCUT2D eigenvalue weighted by molar-refractivity contribution is 0.416. The van der Waals surface area contributed by atoms with E-state index in [2.05, 4.69) is 43.2 Å². The molecule has 2 aromatic rings. The van der Waals surface area contributed by atoms with Crippen molar-refractivity contribution >= 4 is 11.3 Å². The third-order valence-corrected chi connectivity index (χ3v) is 4.31. The van der Waals surface area contributed by atoms with E-state index < -0.39 is 0 Å². The van der Waals surface area contributed by atoms with E-state index in [9.17, 15) is 0 Å². The molecule has 3 nitrogen and oxygen atoms in total. The van der Waals surface area contributed by atoms with E-state index in [1.54, 1.807) is 11.3 Å². The summed E-state index contributed by atoms with van der Waals surface area (Å²) in [6.45, 7) is 6.97. The predicted molar refractivity (Wildman–Crippen MR) is 81.3 cm³/mol. The monoisotopic (exact) mass is 275 g/mol. The Labute approximate surface area is 118 Å². The summed E-state index contributed by atoms with van der Waals surface area (Å²) in [7, 11) is 0. The van der Waals surface area contributed by atoms with Crippen LogP contribution in [0.25, 0.3) is 0 Å². The zero-order chi connectivity index (χ0) is 13.9. The molecular weight excluding hydrogens is 254 g/mol. The van der Waals surface area contributed by atoms with Crippen molar-refractivity contribution < 1.29 is 0 Å². The molecule has 1 aromatic carbocycles. The Bertz CT molecular complexity index is 519. The van der Waals surface area contributed by atoms with E-state index in [0.717, 1.165) is 17.1 Å². The molecule has 2 atom stereocenters. The molecule has 19 heavy (non-hydrogen) atoms. The van der Waals surface area contributed by atoms with Crippen molar-refractivity contribution in [3.05, 3.63) is 52.0 Å². The Morgan fingerprint density at radius 3 is 2.63 bits per heavy atom. The van der Waals surface area contributed by atoms with Gasteiger partial charge < -0.3 is 11.1 Å². The summed E-state index contributed by atoms with van der Waals surface area (Å²) in [6.07, 6.45) is 1.91. The topological polar surface area (TPSA) is 50.9 Å². The van der Waals surface area contributed by atoms with Gasteiger partial charge in [-0.25, -0.2) is 4.98 Å². The first-order chi connectivity index (χ1) is 8.99. The Balaban J connectivity index is 1.98. The van der Waals surface area contributed by atoms with Gasteiger partial charge in [0.1, 0.15) is 5.01 Å². The van der Waals surface area contributed by atoms with Crippen LogP contribution in [0.4, 0.5) is 0 Å². The molecule has 0 fully saturated rings. The van der Waals surface area contributed by atoms with Gasteiger partial charge in [-0.1, -0.05) is 30.3 Å². The Kier molecular flexibility index (Phi) is 4.34. The van der Waals surface area contributed by atoms with E-state index in [-0.39, 0.29) is 11.6 Å². The molecule has 0 aliphatic rings. The summed E-state index contributed by atoms with van der Waals surface area (Å²) in [4.78, 5) is 5.64. The number of benzene rings is 1. The van der Waals surface area contributed by atoms with Crippen LogP contribution in [0.2, 0.25) is 0 Å². The zero-order valence-corrected chi connectivity index (χ0v) is 12.5. The minimum Gasteiger partial charge on any atom is -0.321 e. The normalized spacial score (nSPS) is 16.0. The summed E-state index contributed by atoms with van der Waals surface area (Å²) < 4.78 is 0. The van der Waals surface area contributed by atoms with Gasteiger partial charge in [-0.2, -0.15) is 0 Å². The van der Waals surface area contributed by atoms with Crippen LogP contribution in [-0.4, -0.2) is 11.5 Å². The number of aryl methyl sites for hydroxylation is 1. The number of rotatable bonds is 5. The summed E-state index contributed by atoms with van der Waals surface area (Å²) in [6, 6.07) is 10.4. The minimum atomic E-state index is -0.373. The third kappa shape index (κ3) is 3.62. The number of hydrogen-bond donors (Lipinski definition) is 2. The van der Waals surface area contributed by atoms with Gasteiger partial charge in [0.05, 0.1) is 11.6 Å². The number of hydrogen-bond acceptors (Lipinski definition) is 4. The highest BCUT2D eigenvalue weighted by Crippen LogP contribution is 2.21. The molecule has 0 aliphatic heterocycles. The Hall–Kier alpha value is -1.23. The fourth-order valence-electron chi connectivity index (χ4n) is 1.95. The number of aromatic nitrogens is 1. The van der Waals surface area contributed by atoms with E-state index in [1.165, 1.54) is 4.88 Å². The van der Waals surface area contributed by atoms with Crippen molar-refractivity contribution in [2.75, 3.05) is 6.54 Å². The van der Waals surface area contributed by atoms with Gasteiger partial charge in [0, 0.05) is 17.6 Å². The van der Waals surface area contributed by atoms with Crippen LogP contribution < -0.4 is 11.1 Å². The summed E-state index contributed by atoms with van der Waals surface area (Å²) >= 11 is 1.73. The quantitative estimate of drug-likeness (QED) is 0.882. The van der Waals surface area contributed by atoms with Crippen molar-refractivity contribution in [3.63, 3.8) is 0 Å². The maximum atomic E-state index is 6.39. The van der Waals surface area contributed by atoms with Crippen molar-refractivity contribution in [1.29, 1.82) is 0 Å². The van der Waals surface area contributed by atoms with Gasteiger partial charge in [0.15, 0.2) is 0 Å². The molecule has 4 heteroatoms.